The smallest absolute Gasteiger partial charge is 0.306 e. The van der Waals surface area contributed by atoms with Crippen LogP contribution in [0.4, 0.5) is 0 Å². The van der Waals surface area contributed by atoms with Gasteiger partial charge < -0.3 is 14.2 Å². The van der Waals surface area contributed by atoms with E-state index in [1.54, 1.807) is 0 Å². The summed E-state index contributed by atoms with van der Waals surface area (Å²) in [5.74, 6) is -0.864. The SMILES string of the molecule is CC/C=C\C/C=C\C/C=C\C/C=C\C/C=C\CCCCCCCCCCCCCCCCCCCC(=O)OCC(COC(=O)CCCCCCCCCC)OC(=O)CCCCCCCCC/C=C\CCCCCCCC. The lowest BCUT2D eigenvalue weighted by atomic mass is 10.0. The van der Waals surface area contributed by atoms with Crippen LogP contribution in [0.2, 0.25) is 0 Å². The molecular weight excluding hydrogens is 937 g/mol. The summed E-state index contributed by atoms with van der Waals surface area (Å²) in [5, 5.41) is 0. The van der Waals surface area contributed by atoms with Crippen molar-refractivity contribution in [1.82, 2.24) is 0 Å². The van der Waals surface area contributed by atoms with Crippen LogP contribution in [0.15, 0.2) is 72.9 Å². The highest BCUT2D eigenvalue weighted by Crippen LogP contribution is 2.17. The third kappa shape index (κ3) is 61.7. The molecule has 1 unspecified atom stereocenters. The average molecular weight is 1060 g/mol. The molecule has 0 fully saturated rings. The minimum atomic E-state index is -0.772. The molecule has 0 saturated heterocycles. The zero-order chi connectivity index (χ0) is 55.0. The van der Waals surface area contributed by atoms with Crippen molar-refractivity contribution in [3.63, 3.8) is 0 Å². The molecule has 0 heterocycles. The van der Waals surface area contributed by atoms with Crippen LogP contribution in [0.1, 0.15) is 335 Å². The van der Waals surface area contributed by atoms with E-state index in [1.165, 1.54) is 205 Å². The van der Waals surface area contributed by atoms with Gasteiger partial charge in [0.2, 0.25) is 0 Å². The monoisotopic (exact) mass is 1060 g/mol. The first-order valence-corrected chi connectivity index (χ1v) is 32.9. The molecule has 6 nitrogen and oxygen atoms in total. The average Bonchev–Trinajstić information content (AvgIpc) is 3.42. The molecule has 0 rings (SSSR count). The van der Waals surface area contributed by atoms with E-state index in [2.05, 4.69) is 93.7 Å². The van der Waals surface area contributed by atoms with Crippen molar-refractivity contribution in [2.45, 2.75) is 341 Å². The molecule has 1 atom stereocenters. The predicted molar refractivity (Wildman–Crippen MR) is 330 cm³/mol. The molecule has 0 bridgehead atoms. The highest BCUT2D eigenvalue weighted by Gasteiger charge is 2.19. The molecule has 0 N–H and O–H groups in total. The van der Waals surface area contributed by atoms with Crippen molar-refractivity contribution in [2.75, 3.05) is 13.2 Å². The van der Waals surface area contributed by atoms with Crippen LogP contribution in [0.5, 0.6) is 0 Å². The number of rotatable bonds is 60. The fraction of sp³-hybridized carbons (Fsp3) is 0.786. The molecule has 0 spiro atoms. The molecule has 0 aliphatic rings. The predicted octanol–water partition coefficient (Wildman–Crippen LogP) is 22.5. The van der Waals surface area contributed by atoms with Crippen LogP contribution >= 0.6 is 0 Å². The van der Waals surface area contributed by atoms with E-state index in [0.29, 0.717) is 19.3 Å². The molecule has 6 heteroatoms. The number of allylic oxidation sites excluding steroid dienone is 12. The molecule has 0 radical (unpaired) electrons. The Morgan fingerprint density at radius 1 is 0.276 bits per heavy atom. The molecule has 0 saturated carbocycles. The van der Waals surface area contributed by atoms with E-state index in [9.17, 15) is 14.4 Å². The van der Waals surface area contributed by atoms with Gasteiger partial charge in [0, 0.05) is 19.3 Å². The summed E-state index contributed by atoms with van der Waals surface area (Å²) < 4.78 is 16.9. The van der Waals surface area contributed by atoms with Crippen LogP contribution in [-0.4, -0.2) is 37.2 Å². The second-order valence-corrected chi connectivity index (χ2v) is 22.0. The van der Waals surface area contributed by atoms with Gasteiger partial charge in [-0.1, -0.05) is 299 Å². The molecule has 0 aliphatic carbocycles. The maximum atomic E-state index is 12.9. The van der Waals surface area contributed by atoms with E-state index in [-0.39, 0.29) is 31.1 Å². The Bertz CT molecular complexity index is 1400. The number of ether oxygens (including phenoxy) is 3. The van der Waals surface area contributed by atoms with Gasteiger partial charge in [-0.15, -0.1) is 0 Å². The summed E-state index contributed by atoms with van der Waals surface area (Å²) in [6.07, 6.45) is 83.7. The van der Waals surface area contributed by atoms with Crippen LogP contribution < -0.4 is 0 Å². The van der Waals surface area contributed by atoms with Gasteiger partial charge in [0.25, 0.3) is 0 Å². The highest BCUT2D eigenvalue weighted by molar-refractivity contribution is 5.71. The fourth-order valence-corrected chi connectivity index (χ4v) is 9.53. The van der Waals surface area contributed by atoms with Crippen molar-refractivity contribution in [3.05, 3.63) is 72.9 Å². The summed E-state index contributed by atoms with van der Waals surface area (Å²) in [6.45, 7) is 6.53. The molecule has 0 aromatic rings. The lowest BCUT2D eigenvalue weighted by Gasteiger charge is -2.18. The second kappa shape index (κ2) is 64.4. The summed E-state index contributed by atoms with van der Waals surface area (Å²) in [4.78, 5) is 38.1. The van der Waals surface area contributed by atoms with Gasteiger partial charge >= 0.3 is 17.9 Å². The Labute approximate surface area is 472 Å². The normalized spacial score (nSPS) is 12.5. The first-order valence-electron chi connectivity index (χ1n) is 32.9. The summed E-state index contributed by atoms with van der Waals surface area (Å²) >= 11 is 0. The van der Waals surface area contributed by atoms with Crippen LogP contribution in [-0.2, 0) is 28.6 Å². The number of esters is 3. The number of unbranched alkanes of at least 4 members (excludes halogenated alkanes) is 37. The standard InChI is InChI=1S/C70H124O6/c1-4-7-10-13-16-19-21-23-25-27-28-29-30-31-32-33-34-35-36-37-38-39-40-41-42-44-45-47-49-51-54-57-60-63-69(72)75-66-67(65-74-68(71)62-59-56-53-18-15-12-9-6-3)76-70(73)64-61-58-55-52-50-48-46-43-26-24-22-20-17-14-11-8-5-2/h7,10,16,19,23-26,28-29,31-32,67H,4-6,8-9,11-15,17-18,20-22,27,30,33-66H2,1-3H3/b10-7-,19-16-,25-23-,26-24-,29-28-,32-31-. The Kier molecular flexibility index (Phi) is 61.7. The molecule has 440 valence electrons. The van der Waals surface area contributed by atoms with Crippen molar-refractivity contribution in [1.29, 1.82) is 0 Å². The Morgan fingerprint density at radius 3 is 0.816 bits per heavy atom. The molecule has 0 amide bonds. The van der Waals surface area contributed by atoms with E-state index < -0.39 is 6.10 Å². The third-order valence-electron chi connectivity index (χ3n) is 14.4. The molecule has 0 aromatic carbocycles. The maximum Gasteiger partial charge on any atom is 0.306 e. The van der Waals surface area contributed by atoms with Gasteiger partial charge in [0.1, 0.15) is 13.2 Å². The van der Waals surface area contributed by atoms with Crippen molar-refractivity contribution in [2.24, 2.45) is 0 Å². The van der Waals surface area contributed by atoms with E-state index in [0.717, 1.165) is 89.9 Å². The first kappa shape index (κ1) is 72.8. The van der Waals surface area contributed by atoms with Crippen LogP contribution in [0, 0.1) is 0 Å². The number of hydrogen-bond donors (Lipinski definition) is 0. The zero-order valence-electron chi connectivity index (χ0n) is 50.5. The van der Waals surface area contributed by atoms with Gasteiger partial charge in [-0.3, -0.25) is 14.4 Å². The van der Waals surface area contributed by atoms with Gasteiger partial charge in [-0.2, -0.15) is 0 Å². The second-order valence-electron chi connectivity index (χ2n) is 22.0. The van der Waals surface area contributed by atoms with Crippen LogP contribution in [0.25, 0.3) is 0 Å². The van der Waals surface area contributed by atoms with Crippen molar-refractivity contribution >= 4 is 17.9 Å². The van der Waals surface area contributed by atoms with Gasteiger partial charge in [-0.05, 0) is 89.9 Å². The molecule has 76 heavy (non-hydrogen) atoms. The van der Waals surface area contributed by atoms with Crippen molar-refractivity contribution < 1.29 is 28.6 Å². The summed E-state index contributed by atoms with van der Waals surface area (Å²) in [7, 11) is 0. The lowest BCUT2D eigenvalue weighted by molar-refractivity contribution is -0.167. The topological polar surface area (TPSA) is 78.9 Å². The minimum Gasteiger partial charge on any atom is -0.462 e. The lowest BCUT2D eigenvalue weighted by Crippen LogP contribution is -2.30. The highest BCUT2D eigenvalue weighted by atomic mass is 16.6. The van der Waals surface area contributed by atoms with Crippen molar-refractivity contribution in [3.8, 4) is 0 Å². The van der Waals surface area contributed by atoms with Gasteiger partial charge in [0.15, 0.2) is 6.10 Å². The van der Waals surface area contributed by atoms with Gasteiger partial charge in [0.05, 0.1) is 0 Å². The summed E-state index contributed by atoms with van der Waals surface area (Å²) in [5.41, 5.74) is 0. The van der Waals surface area contributed by atoms with E-state index in [1.807, 2.05) is 0 Å². The number of carbonyl (C=O) groups excluding carboxylic acids is 3. The van der Waals surface area contributed by atoms with E-state index >= 15 is 0 Å². The number of carbonyl (C=O) groups is 3. The van der Waals surface area contributed by atoms with E-state index in [4.69, 9.17) is 14.2 Å². The third-order valence-corrected chi connectivity index (χ3v) is 14.4. The Hall–Kier alpha value is -3.15. The minimum absolute atomic E-state index is 0.0720. The quantitative estimate of drug-likeness (QED) is 0.0261. The largest absolute Gasteiger partial charge is 0.462 e. The number of hydrogen-bond acceptors (Lipinski definition) is 6. The summed E-state index contributed by atoms with van der Waals surface area (Å²) in [6, 6.07) is 0. The maximum absolute atomic E-state index is 12.9. The molecular formula is C70H124O6. The first-order chi connectivity index (χ1) is 37.5. The molecule has 0 aromatic heterocycles. The zero-order valence-corrected chi connectivity index (χ0v) is 50.5. The van der Waals surface area contributed by atoms with Gasteiger partial charge in [-0.25, -0.2) is 0 Å². The molecule has 0 aliphatic heterocycles. The fourth-order valence-electron chi connectivity index (χ4n) is 9.53. The van der Waals surface area contributed by atoms with Crippen LogP contribution in [0.3, 0.4) is 0 Å². The Morgan fingerprint density at radius 2 is 0.513 bits per heavy atom. The Balaban J connectivity index is 4.04.